The van der Waals surface area contributed by atoms with Crippen LogP contribution in [0.25, 0.3) is 0 Å². The van der Waals surface area contributed by atoms with Crippen molar-refractivity contribution in [2.24, 2.45) is 0 Å². The van der Waals surface area contributed by atoms with Crippen molar-refractivity contribution in [2.75, 3.05) is 26.7 Å². The summed E-state index contributed by atoms with van der Waals surface area (Å²) in [5, 5.41) is 2.62. The molecule has 3 saturated heterocycles. The number of rotatable bonds is 10. The van der Waals surface area contributed by atoms with Crippen LogP contribution in [0.3, 0.4) is 0 Å². The molecule has 6 atom stereocenters. The van der Waals surface area contributed by atoms with E-state index in [1.807, 2.05) is 0 Å². The third-order valence-electron chi connectivity index (χ3n) is 6.18. The Morgan fingerprint density at radius 3 is 2.32 bits per heavy atom. The number of para-hydroxylation sites is 1. The molecule has 1 N–H and O–H groups in total. The first kappa shape index (κ1) is 31.4. The van der Waals surface area contributed by atoms with Gasteiger partial charge in [-0.25, -0.2) is 4.57 Å². The van der Waals surface area contributed by atoms with E-state index in [0.717, 1.165) is 0 Å². The smallest absolute Gasteiger partial charge is 0.496 e. The van der Waals surface area contributed by atoms with E-state index in [1.54, 1.807) is 65.1 Å². The van der Waals surface area contributed by atoms with Gasteiger partial charge < -0.3 is 32.8 Å². The maximum atomic E-state index is 13.9. The van der Waals surface area contributed by atoms with Crippen LogP contribution < -0.4 is 9.61 Å². The Morgan fingerprint density at radius 1 is 1.10 bits per heavy atom. The molecule has 0 radical (unpaired) electrons. The summed E-state index contributed by atoms with van der Waals surface area (Å²) in [6.45, 7) is 7.65. The first-order valence-corrected chi connectivity index (χ1v) is 14.8. The summed E-state index contributed by atoms with van der Waals surface area (Å²) in [6, 6.07) is 6.19. The minimum absolute atomic E-state index is 0.120. The number of benzene rings is 1. The zero-order valence-corrected chi connectivity index (χ0v) is 24.7. The maximum absolute atomic E-state index is 13.9. The third-order valence-corrected chi connectivity index (χ3v) is 7.83. The quantitative estimate of drug-likeness (QED) is 0.235. The zero-order valence-electron chi connectivity index (χ0n) is 23.8. The number of esters is 1. The molecule has 3 aliphatic heterocycles. The molecular weight excluding hydrogens is 562 g/mol. The first-order valence-electron chi connectivity index (χ1n) is 13.3. The first-order chi connectivity index (χ1) is 19.2. The third kappa shape index (κ3) is 8.28. The number of nitrogens with one attached hydrogen (secondary N) is 1. The van der Waals surface area contributed by atoms with Gasteiger partial charge in [0.05, 0.1) is 25.8 Å². The van der Waals surface area contributed by atoms with Crippen LogP contribution in [0, 0.1) is 0 Å². The molecule has 3 fully saturated rings. The molecule has 1 aromatic rings. The van der Waals surface area contributed by atoms with Crippen molar-refractivity contribution in [1.29, 1.82) is 0 Å². The molecule has 226 valence electrons. The van der Waals surface area contributed by atoms with Gasteiger partial charge >= 0.3 is 32.8 Å². The molecule has 0 amide bonds. The van der Waals surface area contributed by atoms with Gasteiger partial charge in [0.15, 0.2) is 5.79 Å². The van der Waals surface area contributed by atoms with Gasteiger partial charge in [0.25, 0.3) is 0 Å². The summed E-state index contributed by atoms with van der Waals surface area (Å²) in [6.07, 6.45) is -2.88. The molecule has 3 heterocycles. The molecule has 0 saturated carbocycles. The molecule has 14 nitrogen and oxygen atoms in total. The van der Waals surface area contributed by atoms with Crippen molar-refractivity contribution >= 4 is 32.8 Å². The number of hydrogen-bond donors (Lipinski definition) is 1. The summed E-state index contributed by atoms with van der Waals surface area (Å²) in [7, 11) is -4.03. The van der Waals surface area contributed by atoms with Crippen molar-refractivity contribution in [3.8, 4) is 5.75 Å². The number of carbonyl (C=O) groups excluding carboxylic acids is 3. The number of hydrogen-bond acceptors (Lipinski definition) is 13. The molecule has 4 rings (SSSR count). The van der Waals surface area contributed by atoms with E-state index in [0.29, 0.717) is 0 Å². The molecule has 0 spiro atoms. The molecule has 0 bridgehead atoms. The number of carbonyl (C=O) groups is 3. The average Bonchev–Trinajstić information content (AvgIpc) is 3.34. The van der Waals surface area contributed by atoms with E-state index in [9.17, 15) is 18.9 Å². The SMILES string of the molecule is CC(C)OC(=O)[C@H](C)N[P@](=O)(OC[C@H]1O[C@@H](B2OC(=O)CN(C)CC(=O)O2)[C@@H]2OC(C)(C)O[C@@H]21)Oc1ccccc1. The van der Waals surface area contributed by atoms with E-state index in [2.05, 4.69) is 5.09 Å². The highest BCUT2D eigenvalue weighted by Gasteiger charge is 2.62. The van der Waals surface area contributed by atoms with Gasteiger partial charge in [-0.05, 0) is 53.8 Å². The van der Waals surface area contributed by atoms with E-state index in [-0.39, 0.29) is 31.5 Å². The van der Waals surface area contributed by atoms with Crippen LogP contribution in [0.4, 0.5) is 0 Å². The lowest BCUT2D eigenvalue weighted by atomic mass is 9.76. The highest BCUT2D eigenvalue weighted by atomic mass is 31.2. The topological polar surface area (TPSA) is 157 Å². The second-order valence-electron chi connectivity index (χ2n) is 10.8. The van der Waals surface area contributed by atoms with Crippen LogP contribution in [-0.2, 0) is 51.7 Å². The zero-order chi connectivity index (χ0) is 29.9. The van der Waals surface area contributed by atoms with Gasteiger partial charge in [0.1, 0.15) is 36.1 Å². The Morgan fingerprint density at radius 2 is 1.71 bits per heavy atom. The normalized spacial score (nSPS) is 28.6. The van der Waals surface area contributed by atoms with Crippen LogP contribution in [0.1, 0.15) is 34.6 Å². The Hall–Kier alpha value is -2.52. The lowest BCUT2D eigenvalue weighted by molar-refractivity contribution is -0.184. The van der Waals surface area contributed by atoms with Crippen molar-refractivity contribution in [3.05, 3.63) is 30.3 Å². The Labute approximate surface area is 238 Å². The molecule has 0 aliphatic carbocycles. The van der Waals surface area contributed by atoms with Gasteiger partial charge in [0.2, 0.25) is 0 Å². The van der Waals surface area contributed by atoms with Crippen molar-refractivity contribution in [3.63, 3.8) is 0 Å². The lowest BCUT2D eigenvalue weighted by Crippen LogP contribution is -2.51. The lowest BCUT2D eigenvalue weighted by Gasteiger charge is -2.28. The average molecular weight is 598 g/mol. The van der Waals surface area contributed by atoms with Crippen molar-refractivity contribution in [2.45, 2.75) is 76.9 Å². The van der Waals surface area contributed by atoms with Crippen LogP contribution >= 0.6 is 7.75 Å². The fourth-order valence-corrected chi connectivity index (χ4v) is 6.07. The highest BCUT2D eigenvalue weighted by molar-refractivity contribution is 7.52. The second-order valence-corrected chi connectivity index (χ2v) is 12.5. The Kier molecular flexibility index (Phi) is 9.79. The van der Waals surface area contributed by atoms with E-state index >= 15 is 0 Å². The molecular formula is C25H36BN2O12P. The highest BCUT2D eigenvalue weighted by Crippen LogP contribution is 2.47. The molecule has 0 unspecified atom stereocenters. The number of fused-ring (bicyclic) bond motifs is 1. The molecule has 0 aromatic heterocycles. The summed E-state index contributed by atoms with van der Waals surface area (Å²) < 4.78 is 59.6. The predicted molar refractivity (Wildman–Crippen MR) is 142 cm³/mol. The monoisotopic (exact) mass is 598 g/mol. The van der Waals surface area contributed by atoms with E-state index in [1.165, 1.54) is 11.8 Å². The number of nitrogens with zero attached hydrogens (tertiary/aromatic N) is 1. The molecule has 41 heavy (non-hydrogen) atoms. The molecule has 1 aromatic carbocycles. The van der Waals surface area contributed by atoms with Crippen LogP contribution in [-0.4, -0.2) is 98.9 Å². The summed E-state index contributed by atoms with van der Waals surface area (Å²) in [5.41, 5.74) is 0. The van der Waals surface area contributed by atoms with Crippen molar-refractivity contribution < 1.29 is 56.3 Å². The van der Waals surface area contributed by atoms with Gasteiger partial charge in [-0.15, -0.1) is 0 Å². The predicted octanol–water partition coefficient (Wildman–Crippen LogP) is 1.47. The second kappa shape index (κ2) is 12.8. The maximum Gasteiger partial charge on any atom is 0.632 e. The standard InChI is InChI=1S/C25H36BN2O12P/c1-15(2)34-24(31)16(3)27-41(32,40-17-10-8-7-9-11-17)33-14-18-21-22(37-25(4,5)36-21)23(35-18)26-38-19(29)12-28(6)13-20(30)39-26/h7-11,15-16,18,21-23H,12-14H2,1-6H3,(H,27,32)/t16-,18+,21+,22+,23+,41-/m0/s1. The van der Waals surface area contributed by atoms with Crippen LogP contribution in [0.5, 0.6) is 5.75 Å². The minimum atomic E-state index is -4.21. The Bertz CT molecular complexity index is 1130. The minimum Gasteiger partial charge on any atom is -0.496 e. The van der Waals surface area contributed by atoms with Gasteiger partial charge in [-0.3, -0.25) is 23.8 Å². The molecule has 3 aliphatic rings. The van der Waals surface area contributed by atoms with Crippen LogP contribution in [0.15, 0.2) is 30.3 Å². The summed E-state index contributed by atoms with van der Waals surface area (Å²) in [4.78, 5) is 38.6. The molecule has 16 heteroatoms. The van der Waals surface area contributed by atoms with Crippen LogP contribution in [0.2, 0.25) is 0 Å². The van der Waals surface area contributed by atoms with Gasteiger partial charge in [0, 0.05) is 0 Å². The Balaban J connectivity index is 1.52. The number of ether oxygens (including phenoxy) is 4. The summed E-state index contributed by atoms with van der Waals surface area (Å²) in [5.74, 6) is -2.70. The number of likely N-dealkylation sites (N-methyl/N-ethyl adjacent to an activating group) is 1. The fraction of sp³-hybridized carbons (Fsp3) is 0.640. The summed E-state index contributed by atoms with van der Waals surface area (Å²) >= 11 is 0. The fourth-order valence-electron chi connectivity index (χ4n) is 4.56. The van der Waals surface area contributed by atoms with Gasteiger partial charge in [-0.1, -0.05) is 18.2 Å². The van der Waals surface area contributed by atoms with E-state index < -0.39 is 68.9 Å². The van der Waals surface area contributed by atoms with E-state index in [4.69, 9.17) is 37.3 Å². The van der Waals surface area contributed by atoms with Gasteiger partial charge in [-0.2, -0.15) is 5.09 Å². The van der Waals surface area contributed by atoms with Crippen molar-refractivity contribution in [1.82, 2.24) is 9.99 Å². The largest absolute Gasteiger partial charge is 0.632 e.